The van der Waals surface area contributed by atoms with Crippen LogP contribution in [0.3, 0.4) is 0 Å². The molecule has 0 spiro atoms. The Hall–Kier alpha value is -3.06. The van der Waals surface area contributed by atoms with Gasteiger partial charge in [0.2, 0.25) is 0 Å². The number of carbonyl (C=O) groups excluding carboxylic acids is 1. The van der Waals surface area contributed by atoms with Gasteiger partial charge in [-0.25, -0.2) is 4.98 Å². The van der Waals surface area contributed by atoms with Crippen molar-refractivity contribution < 1.29 is 4.79 Å². The van der Waals surface area contributed by atoms with Crippen molar-refractivity contribution in [2.45, 2.75) is 18.8 Å². The third-order valence-electron chi connectivity index (χ3n) is 4.67. The molecule has 1 saturated carbocycles. The van der Waals surface area contributed by atoms with Gasteiger partial charge < -0.3 is 16.0 Å². The highest BCUT2D eigenvalue weighted by Gasteiger charge is 2.27. The lowest BCUT2D eigenvalue weighted by molar-refractivity contribution is 0.0964. The van der Waals surface area contributed by atoms with Crippen molar-refractivity contribution in [1.82, 2.24) is 20.1 Å². The number of carbonyl (C=O) groups is 1. The number of anilines is 4. The number of nitrogens with zero attached hydrogens (tertiary/aromatic N) is 3. The van der Waals surface area contributed by atoms with Crippen LogP contribution in [0.1, 0.15) is 34.8 Å². The molecule has 1 aliphatic carbocycles. The number of pyridine rings is 1. The summed E-state index contributed by atoms with van der Waals surface area (Å²) in [5.41, 5.74) is 2.96. The number of rotatable bonds is 6. The molecule has 3 aromatic rings. The van der Waals surface area contributed by atoms with Crippen LogP contribution in [0, 0.1) is 0 Å². The molecule has 1 aliphatic rings. The Morgan fingerprint density at radius 1 is 1.18 bits per heavy atom. The fourth-order valence-electron chi connectivity index (χ4n) is 2.99. The molecule has 7 nitrogen and oxygen atoms in total. The first kappa shape index (κ1) is 18.3. The van der Waals surface area contributed by atoms with Gasteiger partial charge in [-0.2, -0.15) is 5.10 Å². The van der Waals surface area contributed by atoms with Crippen molar-refractivity contribution in [3.8, 4) is 0 Å². The summed E-state index contributed by atoms with van der Waals surface area (Å²) in [6.45, 7) is 0. The molecule has 4 rings (SSSR count). The first-order valence-corrected chi connectivity index (χ1v) is 9.47. The van der Waals surface area contributed by atoms with E-state index in [0.29, 0.717) is 33.7 Å². The van der Waals surface area contributed by atoms with Gasteiger partial charge in [-0.1, -0.05) is 23.7 Å². The van der Waals surface area contributed by atoms with Gasteiger partial charge in [-0.15, -0.1) is 0 Å². The van der Waals surface area contributed by atoms with Crippen molar-refractivity contribution >= 4 is 40.5 Å². The largest absolute Gasteiger partial charge is 0.355 e. The summed E-state index contributed by atoms with van der Waals surface area (Å²) in [6, 6.07) is 11.1. The molecule has 0 saturated heterocycles. The third-order valence-corrected chi connectivity index (χ3v) is 4.98. The lowest BCUT2D eigenvalue weighted by Gasteiger charge is -2.14. The van der Waals surface area contributed by atoms with Gasteiger partial charge in [0.25, 0.3) is 5.91 Å². The molecular formula is C20H21ClN6O. The van der Waals surface area contributed by atoms with Gasteiger partial charge >= 0.3 is 0 Å². The van der Waals surface area contributed by atoms with E-state index in [1.165, 1.54) is 12.8 Å². The van der Waals surface area contributed by atoms with Gasteiger partial charge in [0.1, 0.15) is 11.6 Å². The minimum Gasteiger partial charge on any atom is -0.355 e. The normalized spacial score (nSPS) is 13.2. The molecule has 2 heterocycles. The number of benzene rings is 1. The number of aromatic nitrogens is 3. The predicted molar refractivity (Wildman–Crippen MR) is 111 cm³/mol. The highest BCUT2D eigenvalue weighted by molar-refractivity contribution is 6.33. The summed E-state index contributed by atoms with van der Waals surface area (Å²) in [5.74, 6) is 1.91. The molecule has 0 atom stereocenters. The highest BCUT2D eigenvalue weighted by Crippen LogP contribution is 2.40. The Bertz CT molecular complexity index is 1030. The minimum absolute atomic E-state index is 0.172. The quantitative estimate of drug-likeness (QED) is 0.581. The standard InChI is InChI=1S/C20H21ClN6O/c1-22-20(28)13-5-3-4-6-15(13)24-17-9-18(23-11-14(17)21)25-19-10-16(12-7-8-12)26-27(19)2/h3-6,9-12H,7-8H2,1-2H3,(H,22,28)(H2,23,24,25). The van der Waals surface area contributed by atoms with E-state index in [1.807, 2.05) is 36.0 Å². The van der Waals surface area contributed by atoms with Crippen LogP contribution in [0.4, 0.5) is 23.0 Å². The van der Waals surface area contributed by atoms with Crippen molar-refractivity contribution in [3.63, 3.8) is 0 Å². The number of amides is 1. The second kappa shape index (κ2) is 7.52. The van der Waals surface area contributed by atoms with Crippen LogP contribution in [-0.2, 0) is 7.05 Å². The number of hydrogen-bond donors (Lipinski definition) is 3. The summed E-state index contributed by atoms with van der Waals surface area (Å²) in [6.07, 6.45) is 3.98. The fourth-order valence-corrected chi connectivity index (χ4v) is 3.14. The maximum atomic E-state index is 12.1. The second-order valence-corrected chi connectivity index (χ2v) is 7.18. The Balaban J connectivity index is 1.59. The van der Waals surface area contributed by atoms with Crippen LogP contribution >= 0.6 is 11.6 Å². The molecule has 0 bridgehead atoms. The molecule has 3 N–H and O–H groups in total. The van der Waals surface area contributed by atoms with Gasteiger partial charge in [0.15, 0.2) is 0 Å². The van der Waals surface area contributed by atoms with Gasteiger partial charge in [0, 0.05) is 32.1 Å². The smallest absolute Gasteiger partial charge is 0.253 e. The lowest BCUT2D eigenvalue weighted by atomic mass is 10.1. The molecule has 0 aliphatic heterocycles. The number of nitrogens with one attached hydrogen (secondary N) is 3. The molecule has 0 radical (unpaired) electrons. The Kier molecular flexibility index (Phi) is 4.92. The van der Waals surface area contributed by atoms with E-state index in [-0.39, 0.29) is 5.91 Å². The number of para-hydroxylation sites is 1. The molecule has 1 aromatic carbocycles. The van der Waals surface area contributed by atoms with Crippen LogP contribution in [-0.4, -0.2) is 27.7 Å². The highest BCUT2D eigenvalue weighted by atomic mass is 35.5. The first-order chi connectivity index (χ1) is 13.5. The molecule has 1 fully saturated rings. The molecule has 8 heteroatoms. The number of aryl methyl sites for hydroxylation is 1. The second-order valence-electron chi connectivity index (χ2n) is 6.78. The maximum Gasteiger partial charge on any atom is 0.253 e. The van der Waals surface area contributed by atoms with Crippen LogP contribution in [0.5, 0.6) is 0 Å². The topological polar surface area (TPSA) is 83.9 Å². The SMILES string of the molecule is CNC(=O)c1ccccc1Nc1cc(Nc2cc(C3CC3)nn2C)ncc1Cl. The zero-order valence-electron chi connectivity index (χ0n) is 15.7. The van der Waals surface area contributed by atoms with E-state index in [4.69, 9.17) is 11.6 Å². The summed E-state index contributed by atoms with van der Waals surface area (Å²) < 4.78 is 1.82. The first-order valence-electron chi connectivity index (χ1n) is 9.10. The summed E-state index contributed by atoms with van der Waals surface area (Å²) >= 11 is 6.33. The molecule has 2 aromatic heterocycles. The number of halogens is 1. The zero-order valence-corrected chi connectivity index (χ0v) is 16.4. The van der Waals surface area contributed by atoms with Gasteiger partial charge in [-0.05, 0) is 25.0 Å². The Morgan fingerprint density at radius 3 is 2.71 bits per heavy atom. The third kappa shape index (κ3) is 3.80. The number of hydrogen-bond acceptors (Lipinski definition) is 5. The fraction of sp³-hybridized carbons (Fsp3) is 0.250. The van der Waals surface area contributed by atoms with Gasteiger partial charge in [-0.3, -0.25) is 9.48 Å². The Labute approximate surface area is 168 Å². The molecular weight excluding hydrogens is 376 g/mol. The van der Waals surface area contributed by atoms with E-state index in [9.17, 15) is 4.79 Å². The van der Waals surface area contributed by atoms with E-state index >= 15 is 0 Å². The molecule has 144 valence electrons. The van der Waals surface area contributed by atoms with Crippen LogP contribution in [0.15, 0.2) is 42.6 Å². The molecule has 1 amide bonds. The molecule has 28 heavy (non-hydrogen) atoms. The van der Waals surface area contributed by atoms with E-state index in [0.717, 1.165) is 11.5 Å². The summed E-state index contributed by atoms with van der Waals surface area (Å²) in [7, 11) is 3.51. The minimum atomic E-state index is -0.172. The average Bonchev–Trinajstić information content (AvgIpc) is 3.48. The van der Waals surface area contributed by atoms with Crippen molar-refractivity contribution in [2.24, 2.45) is 7.05 Å². The van der Waals surface area contributed by atoms with Crippen LogP contribution in [0.2, 0.25) is 5.02 Å². The summed E-state index contributed by atoms with van der Waals surface area (Å²) in [4.78, 5) is 16.5. The van der Waals surface area contributed by atoms with Crippen molar-refractivity contribution in [2.75, 3.05) is 17.7 Å². The Morgan fingerprint density at radius 2 is 1.96 bits per heavy atom. The summed E-state index contributed by atoms with van der Waals surface area (Å²) in [5, 5.41) is 14.2. The average molecular weight is 397 g/mol. The monoisotopic (exact) mass is 396 g/mol. The lowest BCUT2D eigenvalue weighted by Crippen LogP contribution is -2.19. The molecule has 0 unspecified atom stereocenters. The van der Waals surface area contributed by atoms with E-state index < -0.39 is 0 Å². The predicted octanol–water partition coefficient (Wildman–Crippen LogP) is 4.19. The maximum absolute atomic E-state index is 12.1. The van der Waals surface area contributed by atoms with Crippen LogP contribution in [0.25, 0.3) is 0 Å². The van der Waals surface area contributed by atoms with E-state index in [2.05, 4.69) is 32.1 Å². The van der Waals surface area contributed by atoms with Crippen LogP contribution < -0.4 is 16.0 Å². The zero-order chi connectivity index (χ0) is 19.7. The van der Waals surface area contributed by atoms with E-state index in [1.54, 1.807) is 19.3 Å². The van der Waals surface area contributed by atoms with Gasteiger partial charge in [0.05, 0.1) is 33.9 Å². The van der Waals surface area contributed by atoms with Crippen molar-refractivity contribution in [1.29, 1.82) is 0 Å². The van der Waals surface area contributed by atoms with Crippen molar-refractivity contribution in [3.05, 3.63) is 58.9 Å².